The van der Waals surface area contributed by atoms with Crippen molar-refractivity contribution in [2.24, 2.45) is 5.92 Å². The summed E-state index contributed by atoms with van der Waals surface area (Å²) in [5.41, 5.74) is 0.741. The van der Waals surface area contributed by atoms with Crippen molar-refractivity contribution in [2.75, 3.05) is 24.7 Å². The number of nitrogens with one attached hydrogen (secondary N) is 1. The van der Waals surface area contributed by atoms with Gasteiger partial charge in [0.25, 0.3) is 5.91 Å². The van der Waals surface area contributed by atoms with E-state index in [1.807, 2.05) is 0 Å². The molecule has 144 valence electrons. The number of carbonyl (C=O) groups is 2. The van der Waals surface area contributed by atoms with Gasteiger partial charge >= 0.3 is 5.97 Å². The molecule has 1 saturated heterocycles. The minimum absolute atomic E-state index is 0.252. The normalized spacial score (nSPS) is 17.5. The zero-order valence-corrected chi connectivity index (χ0v) is 15.8. The molecule has 9 heteroatoms. The number of rotatable bonds is 5. The van der Waals surface area contributed by atoms with E-state index >= 15 is 0 Å². The van der Waals surface area contributed by atoms with Crippen LogP contribution in [-0.2, 0) is 24.3 Å². The Morgan fingerprint density at radius 3 is 2.46 bits per heavy atom. The Bertz CT molecular complexity index is 788. The zero-order valence-electron chi connectivity index (χ0n) is 15.0. The van der Waals surface area contributed by atoms with Crippen LogP contribution in [-0.4, -0.2) is 50.0 Å². The van der Waals surface area contributed by atoms with E-state index in [0.717, 1.165) is 6.26 Å². The van der Waals surface area contributed by atoms with Crippen molar-refractivity contribution >= 4 is 27.6 Å². The van der Waals surface area contributed by atoms with Gasteiger partial charge in [0.05, 0.1) is 12.2 Å². The van der Waals surface area contributed by atoms with Crippen LogP contribution in [0.3, 0.4) is 0 Å². The molecule has 1 N–H and O–H groups in total. The Morgan fingerprint density at radius 1 is 1.31 bits per heavy atom. The molecule has 7 nitrogen and oxygen atoms in total. The molecule has 1 aromatic carbocycles. The molecule has 1 atom stereocenters. The first-order chi connectivity index (χ1) is 12.1. The van der Waals surface area contributed by atoms with Crippen LogP contribution in [0.4, 0.5) is 10.1 Å². The summed E-state index contributed by atoms with van der Waals surface area (Å²) in [7, 11) is -3.27. The van der Waals surface area contributed by atoms with Crippen LogP contribution in [0.5, 0.6) is 0 Å². The Morgan fingerprint density at radius 2 is 1.92 bits per heavy atom. The molecule has 0 spiro atoms. The molecular weight excluding hydrogens is 363 g/mol. The highest BCUT2D eigenvalue weighted by Gasteiger charge is 2.31. The van der Waals surface area contributed by atoms with Gasteiger partial charge in [0.2, 0.25) is 10.0 Å². The maximum Gasteiger partial charge on any atom is 0.309 e. The van der Waals surface area contributed by atoms with E-state index in [-0.39, 0.29) is 18.8 Å². The standard InChI is InChI=1S/C17H23FN2O5S/c1-11-4-5-14(10-15(11)18)19-16(21)12(2)25-17(22)13-6-8-20(9-7-13)26(3,23)24/h4-5,10,12-13H,6-9H2,1-3H3,(H,19,21). The van der Waals surface area contributed by atoms with Crippen molar-refractivity contribution in [3.8, 4) is 0 Å². The fraction of sp³-hybridized carbons (Fsp3) is 0.529. The second kappa shape index (κ2) is 8.13. The summed E-state index contributed by atoms with van der Waals surface area (Å²) < 4.78 is 43.0. The van der Waals surface area contributed by atoms with Crippen LogP contribution in [0.1, 0.15) is 25.3 Å². The third-order valence-corrected chi connectivity index (χ3v) is 5.66. The maximum atomic E-state index is 13.5. The van der Waals surface area contributed by atoms with Crippen molar-refractivity contribution in [2.45, 2.75) is 32.8 Å². The van der Waals surface area contributed by atoms with Gasteiger partial charge in [0.1, 0.15) is 5.82 Å². The maximum absolute atomic E-state index is 13.5. The SMILES string of the molecule is Cc1ccc(NC(=O)C(C)OC(=O)C2CCN(S(C)(=O)=O)CC2)cc1F. The number of sulfonamides is 1. The number of aryl methyl sites for hydroxylation is 1. The van der Waals surface area contributed by atoms with Gasteiger partial charge in [-0.25, -0.2) is 17.1 Å². The minimum atomic E-state index is -3.27. The quantitative estimate of drug-likeness (QED) is 0.777. The first kappa shape index (κ1) is 20.3. The molecule has 26 heavy (non-hydrogen) atoms. The molecule has 1 aromatic rings. The van der Waals surface area contributed by atoms with Crippen LogP contribution in [0.2, 0.25) is 0 Å². The van der Waals surface area contributed by atoms with E-state index in [4.69, 9.17) is 4.74 Å². The second-order valence-corrected chi connectivity index (χ2v) is 8.45. The van der Waals surface area contributed by atoms with E-state index in [9.17, 15) is 22.4 Å². The van der Waals surface area contributed by atoms with Gasteiger partial charge in [-0.05, 0) is 44.4 Å². The van der Waals surface area contributed by atoms with Gasteiger partial charge in [-0.15, -0.1) is 0 Å². The summed E-state index contributed by atoms with van der Waals surface area (Å²) in [5, 5.41) is 2.50. The highest BCUT2D eigenvalue weighted by atomic mass is 32.2. The number of benzene rings is 1. The average molecular weight is 386 g/mol. The number of nitrogens with zero attached hydrogens (tertiary/aromatic N) is 1. The molecule has 0 aromatic heterocycles. The molecule has 0 radical (unpaired) electrons. The first-order valence-electron chi connectivity index (χ1n) is 8.30. The summed E-state index contributed by atoms with van der Waals surface area (Å²) in [5.74, 6) is -1.98. The first-order valence-corrected chi connectivity index (χ1v) is 10.2. The Balaban J connectivity index is 1.86. The number of amides is 1. The van der Waals surface area contributed by atoms with E-state index in [2.05, 4.69) is 5.32 Å². The van der Waals surface area contributed by atoms with Crippen molar-refractivity contribution in [1.29, 1.82) is 0 Å². The molecule has 0 aliphatic carbocycles. The summed E-state index contributed by atoms with van der Waals surface area (Å²) in [6.07, 6.45) is 0.790. The Kier molecular flexibility index (Phi) is 6.35. The fourth-order valence-electron chi connectivity index (χ4n) is 2.66. The monoisotopic (exact) mass is 386 g/mol. The minimum Gasteiger partial charge on any atom is -0.452 e. The second-order valence-electron chi connectivity index (χ2n) is 6.47. The molecule has 1 amide bonds. The highest BCUT2D eigenvalue weighted by Crippen LogP contribution is 2.21. The van der Waals surface area contributed by atoms with E-state index in [1.54, 1.807) is 13.0 Å². The lowest BCUT2D eigenvalue weighted by atomic mass is 9.98. The largest absolute Gasteiger partial charge is 0.452 e. The lowest BCUT2D eigenvalue weighted by Crippen LogP contribution is -2.41. The van der Waals surface area contributed by atoms with Gasteiger partial charge < -0.3 is 10.1 Å². The molecule has 1 unspecified atom stereocenters. The van der Waals surface area contributed by atoms with Gasteiger partial charge in [0, 0.05) is 18.8 Å². The number of anilines is 1. The smallest absolute Gasteiger partial charge is 0.309 e. The van der Waals surface area contributed by atoms with Gasteiger partial charge in [-0.1, -0.05) is 6.07 Å². The number of piperidine rings is 1. The average Bonchev–Trinajstić information content (AvgIpc) is 2.57. The Labute approximate surface area is 152 Å². The topological polar surface area (TPSA) is 92.8 Å². The molecule has 2 rings (SSSR count). The molecular formula is C17H23FN2O5S. The number of halogens is 1. The lowest BCUT2D eigenvalue weighted by molar-refractivity contribution is -0.158. The highest BCUT2D eigenvalue weighted by molar-refractivity contribution is 7.88. The van der Waals surface area contributed by atoms with Gasteiger partial charge in [0.15, 0.2) is 6.10 Å². The third kappa shape index (κ3) is 5.25. The number of hydrogen-bond donors (Lipinski definition) is 1. The van der Waals surface area contributed by atoms with E-state index in [0.29, 0.717) is 18.4 Å². The summed E-state index contributed by atoms with van der Waals surface area (Å²) in [6, 6.07) is 4.30. The number of ether oxygens (including phenoxy) is 1. The number of esters is 1. The summed E-state index contributed by atoms with van der Waals surface area (Å²) in [4.78, 5) is 24.3. The van der Waals surface area contributed by atoms with Crippen LogP contribution in [0, 0.1) is 18.7 Å². The van der Waals surface area contributed by atoms with Crippen molar-refractivity contribution in [3.63, 3.8) is 0 Å². The van der Waals surface area contributed by atoms with Gasteiger partial charge in [-0.2, -0.15) is 0 Å². The Hall–Kier alpha value is -2.00. The summed E-state index contributed by atoms with van der Waals surface area (Å²) >= 11 is 0. The molecule has 1 fully saturated rings. The number of hydrogen-bond acceptors (Lipinski definition) is 5. The van der Waals surface area contributed by atoms with Crippen molar-refractivity contribution in [3.05, 3.63) is 29.6 Å². The van der Waals surface area contributed by atoms with Crippen LogP contribution in [0.25, 0.3) is 0 Å². The van der Waals surface area contributed by atoms with Crippen LogP contribution >= 0.6 is 0 Å². The summed E-state index contributed by atoms with van der Waals surface area (Å²) in [6.45, 7) is 3.55. The molecule has 0 saturated carbocycles. The predicted molar refractivity (Wildman–Crippen MR) is 94.5 cm³/mol. The molecule has 1 aliphatic heterocycles. The van der Waals surface area contributed by atoms with E-state index in [1.165, 1.54) is 23.4 Å². The predicted octanol–water partition coefficient (Wildman–Crippen LogP) is 1.68. The third-order valence-electron chi connectivity index (χ3n) is 4.36. The lowest BCUT2D eigenvalue weighted by Gasteiger charge is -2.29. The molecule has 0 bridgehead atoms. The van der Waals surface area contributed by atoms with E-state index < -0.39 is 39.7 Å². The van der Waals surface area contributed by atoms with Crippen LogP contribution < -0.4 is 5.32 Å². The van der Waals surface area contributed by atoms with Crippen molar-refractivity contribution < 1.29 is 27.1 Å². The molecule has 1 heterocycles. The molecule has 1 aliphatic rings. The van der Waals surface area contributed by atoms with Crippen LogP contribution in [0.15, 0.2) is 18.2 Å². The fourth-order valence-corrected chi connectivity index (χ4v) is 3.54. The van der Waals surface area contributed by atoms with Crippen molar-refractivity contribution in [1.82, 2.24) is 4.31 Å². The number of carbonyl (C=O) groups excluding carboxylic acids is 2. The van der Waals surface area contributed by atoms with Gasteiger partial charge in [-0.3, -0.25) is 9.59 Å². The zero-order chi connectivity index (χ0) is 19.5.